The van der Waals surface area contributed by atoms with E-state index in [2.05, 4.69) is 0 Å². The fourth-order valence-electron chi connectivity index (χ4n) is 3.26. The Bertz CT molecular complexity index is 618. The molecule has 0 aromatic heterocycles. The number of benzene rings is 1. The second-order valence-corrected chi connectivity index (χ2v) is 7.07. The number of nitrogens with zero attached hydrogens (tertiary/aromatic N) is 3. The summed E-state index contributed by atoms with van der Waals surface area (Å²) < 4.78 is 0. The van der Waals surface area contributed by atoms with Crippen LogP contribution in [-0.4, -0.2) is 45.9 Å². The van der Waals surface area contributed by atoms with Crippen molar-refractivity contribution in [2.24, 2.45) is 0 Å². The molecular formula is C18H28N4O2. The van der Waals surface area contributed by atoms with Crippen LogP contribution in [0.25, 0.3) is 0 Å². The Morgan fingerprint density at radius 1 is 0.917 bits per heavy atom. The van der Waals surface area contributed by atoms with Crippen molar-refractivity contribution in [3.05, 3.63) is 28.8 Å². The molecule has 0 aliphatic carbocycles. The zero-order chi connectivity index (χ0) is 18.3. The molecule has 2 rings (SSSR count). The summed E-state index contributed by atoms with van der Waals surface area (Å²) in [6.45, 7) is 11.7. The van der Waals surface area contributed by atoms with Gasteiger partial charge in [-0.3, -0.25) is 9.80 Å². The Morgan fingerprint density at radius 2 is 1.29 bits per heavy atom. The molecule has 0 saturated carbocycles. The Hall–Kier alpha value is -2.24. The number of carbonyl (C=O) groups excluding carboxylic acids is 2. The maximum Gasteiger partial charge on any atom is 0.330 e. The molecule has 6 nitrogen and oxygen atoms in total. The number of nitrogens with two attached hydrogens (primary N) is 1. The minimum Gasteiger partial charge on any atom is -0.398 e. The number of hydrogen-bond donors (Lipinski definition) is 1. The molecule has 132 valence electrons. The average molecular weight is 332 g/mol. The zero-order valence-corrected chi connectivity index (χ0v) is 15.6. The van der Waals surface area contributed by atoms with Gasteiger partial charge in [-0.25, -0.2) is 14.5 Å². The average Bonchev–Trinajstić information content (AvgIpc) is 2.48. The van der Waals surface area contributed by atoms with Gasteiger partial charge >= 0.3 is 12.1 Å². The number of rotatable bonds is 3. The van der Waals surface area contributed by atoms with Gasteiger partial charge in [0.25, 0.3) is 0 Å². The first-order valence-electron chi connectivity index (χ1n) is 8.32. The monoisotopic (exact) mass is 332 g/mol. The minimum absolute atomic E-state index is 0.0440. The second kappa shape index (κ2) is 6.34. The van der Waals surface area contributed by atoms with Crippen LogP contribution >= 0.6 is 0 Å². The van der Waals surface area contributed by atoms with E-state index >= 15 is 0 Å². The van der Waals surface area contributed by atoms with Crippen LogP contribution in [0.4, 0.5) is 15.3 Å². The van der Waals surface area contributed by atoms with E-state index in [9.17, 15) is 9.59 Å². The van der Waals surface area contributed by atoms with Gasteiger partial charge in [-0.05, 0) is 58.2 Å². The van der Waals surface area contributed by atoms with Crippen LogP contribution in [0.15, 0.2) is 12.1 Å². The van der Waals surface area contributed by atoms with E-state index in [0.29, 0.717) is 0 Å². The lowest BCUT2D eigenvalue weighted by Gasteiger charge is -2.50. The molecule has 1 fully saturated rings. The van der Waals surface area contributed by atoms with Crippen LogP contribution in [0.1, 0.15) is 50.6 Å². The molecule has 2 N–H and O–H groups in total. The highest BCUT2D eigenvalue weighted by molar-refractivity contribution is 5.96. The van der Waals surface area contributed by atoms with Gasteiger partial charge in [-0.2, -0.15) is 0 Å². The Kier molecular flexibility index (Phi) is 4.78. The van der Waals surface area contributed by atoms with Gasteiger partial charge in [0.2, 0.25) is 0 Å². The number of nitrogen functional groups attached to an aromatic ring is 1. The molecular weight excluding hydrogens is 304 g/mol. The van der Waals surface area contributed by atoms with Gasteiger partial charge in [-0.1, -0.05) is 12.1 Å². The summed E-state index contributed by atoms with van der Waals surface area (Å²) in [4.78, 5) is 30.2. The van der Waals surface area contributed by atoms with Gasteiger partial charge in [0.1, 0.15) is 6.17 Å². The van der Waals surface area contributed by atoms with Crippen LogP contribution in [0, 0.1) is 13.8 Å². The highest BCUT2D eigenvalue weighted by Crippen LogP contribution is 2.36. The maximum absolute atomic E-state index is 12.7. The van der Waals surface area contributed by atoms with Crippen molar-refractivity contribution in [3.63, 3.8) is 0 Å². The number of urea groups is 2. The van der Waals surface area contributed by atoms with Gasteiger partial charge in [0.05, 0.1) is 0 Å². The fraction of sp³-hybridized carbons (Fsp3) is 0.556. The number of hydrogen-bond acceptors (Lipinski definition) is 3. The SMILES string of the molecule is Cc1cc(C2N(C(C)C)C(=O)N(C)C(=O)N2C(C)C)cc(C)c1N. The highest BCUT2D eigenvalue weighted by Gasteiger charge is 2.45. The molecule has 0 bridgehead atoms. The fourth-order valence-corrected chi connectivity index (χ4v) is 3.26. The first kappa shape index (κ1) is 18.1. The third kappa shape index (κ3) is 2.81. The summed E-state index contributed by atoms with van der Waals surface area (Å²) >= 11 is 0. The first-order chi connectivity index (χ1) is 11.1. The van der Waals surface area contributed by atoms with Crippen molar-refractivity contribution in [2.45, 2.75) is 59.8 Å². The lowest BCUT2D eigenvalue weighted by Crippen LogP contribution is -2.64. The van der Waals surface area contributed by atoms with E-state index in [1.165, 1.54) is 11.9 Å². The summed E-state index contributed by atoms with van der Waals surface area (Å²) in [6.07, 6.45) is -0.431. The predicted octanol–water partition coefficient (Wildman–Crippen LogP) is 3.49. The molecule has 0 unspecified atom stereocenters. The Balaban J connectivity index is 2.67. The number of aryl methyl sites for hydroxylation is 2. The Labute approximate surface area is 144 Å². The molecule has 1 heterocycles. The quantitative estimate of drug-likeness (QED) is 0.861. The lowest BCUT2D eigenvalue weighted by molar-refractivity contribution is 0.00649. The van der Waals surface area contributed by atoms with Gasteiger partial charge < -0.3 is 5.73 Å². The van der Waals surface area contributed by atoms with Crippen molar-refractivity contribution in [3.8, 4) is 0 Å². The first-order valence-corrected chi connectivity index (χ1v) is 8.32. The minimum atomic E-state index is -0.431. The Morgan fingerprint density at radius 3 is 1.62 bits per heavy atom. The number of amides is 4. The zero-order valence-electron chi connectivity index (χ0n) is 15.6. The summed E-state index contributed by atoms with van der Waals surface area (Å²) in [6, 6.07) is 3.32. The maximum atomic E-state index is 12.7. The lowest BCUT2D eigenvalue weighted by atomic mass is 9.99. The van der Waals surface area contributed by atoms with Gasteiger partial charge in [0.15, 0.2) is 0 Å². The number of anilines is 1. The van der Waals surface area contributed by atoms with Crippen LogP contribution in [0.5, 0.6) is 0 Å². The standard InChI is InChI=1S/C18H28N4O2/c1-10(2)21-16(14-8-12(5)15(19)13(6)9-14)22(11(3)4)18(24)20(7)17(21)23/h8-11,16H,19H2,1-7H3. The molecule has 1 saturated heterocycles. The van der Waals surface area contributed by atoms with E-state index < -0.39 is 6.17 Å². The summed E-state index contributed by atoms with van der Waals surface area (Å²) in [5.74, 6) is 0. The molecule has 0 spiro atoms. The summed E-state index contributed by atoms with van der Waals surface area (Å²) in [5.41, 5.74) is 9.65. The topological polar surface area (TPSA) is 69.9 Å². The smallest absolute Gasteiger partial charge is 0.330 e. The predicted molar refractivity (Wildman–Crippen MR) is 95.6 cm³/mol. The van der Waals surface area contributed by atoms with Crippen molar-refractivity contribution in [1.29, 1.82) is 0 Å². The van der Waals surface area contributed by atoms with Crippen LogP contribution in [-0.2, 0) is 0 Å². The largest absolute Gasteiger partial charge is 0.398 e. The van der Waals surface area contributed by atoms with E-state index in [4.69, 9.17) is 5.73 Å². The van der Waals surface area contributed by atoms with E-state index in [1.807, 2.05) is 53.7 Å². The van der Waals surface area contributed by atoms with Crippen LogP contribution in [0.2, 0.25) is 0 Å². The molecule has 24 heavy (non-hydrogen) atoms. The molecule has 4 amide bonds. The van der Waals surface area contributed by atoms with Crippen molar-refractivity contribution < 1.29 is 9.59 Å². The van der Waals surface area contributed by atoms with Gasteiger partial charge in [-0.15, -0.1) is 0 Å². The third-order valence-corrected chi connectivity index (χ3v) is 4.57. The molecule has 1 aliphatic rings. The summed E-state index contributed by atoms with van der Waals surface area (Å²) in [7, 11) is 1.53. The van der Waals surface area contributed by atoms with Crippen LogP contribution < -0.4 is 5.73 Å². The molecule has 1 aromatic rings. The van der Waals surface area contributed by atoms with Crippen LogP contribution in [0.3, 0.4) is 0 Å². The van der Waals surface area contributed by atoms with Crippen molar-refractivity contribution in [1.82, 2.24) is 14.7 Å². The van der Waals surface area contributed by atoms with Gasteiger partial charge in [0, 0.05) is 24.8 Å². The molecule has 1 aromatic carbocycles. The number of carbonyl (C=O) groups is 2. The highest BCUT2D eigenvalue weighted by atomic mass is 16.2. The third-order valence-electron chi connectivity index (χ3n) is 4.57. The van der Waals surface area contributed by atoms with E-state index in [-0.39, 0.29) is 24.1 Å². The normalized spacial score (nSPS) is 16.8. The van der Waals surface area contributed by atoms with Crippen molar-refractivity contribution in [2.75, 3.05) is 12.8 Å². The summed E-state index contributed by atoms with van der Waals surface area (Å²) in [5, 5.41) is 0. The van der Waals surface area contributed by atoms with E-state index in [0.717, 1.165) is 22.4 Å². The molecule has 0 radical (unpaired) electrons. The molecule has 0 atom stereocenters. The molecule has 1 aliphatic heterocycles. The number of imide groups is 1. The van der Waals surface area contributed by atoms with Crippen molar-refractivity contribution >= 4 is 17.7 Å². The molecule has 6 heteroatoms. The second-order valence-electron chi connectivity index (χ2n) is 7.07. The van der Waals surface area contributed by atoms with E-state index in [1.54, 1.807) is 9.80 Å².